The van der Waals surface area contributed by atoms with Gasteiger partial charge in [0.15, 0.2) is 11.5 Å². The van der Waals surface area contributed by atoms with Crippen molar-refractivity contribution in [3.63, 3.8) is 0 Å². The highest BCUT2D eigenvalue weighted by molar-refractivity contribution is 6.31. The van der Waals surface area contributed by atoms with Crippen molar-refractivity contribution < 1.29 is 4.79 Å². The van der Waals surface area contributed by atoms with Crippen LogP contribution in [0.3, 0.4) is 0 Å². The number of nitrogens with one attached hydrogen (secondary N) is 1. The highest BCUT2D eigenvalue weighted by Gasteiger charge is 2.18. The van der Waals surface area contributed by atoms with Crippen LogP contribution < -0.4 is 11.1 Å². The molecule has 0 aliphatic carbocycles. The Morgan fingerprint density at radius 3 is 2.80 bits per heavy atom. The summed E-state index contributed by atoms with van der Waals surface area (Å²) in [4.78, 5) is 12.4. The molecular weight excluding hydrogens is 338 g/mol. The Bertz CT molecular complexity index is 935. The molecule has 3 rings (SSSR count). The highest BCUT2D eigenvalue weighted by atomic mass is 35.5. The third-order valence-corrected chi connectivity index (χ3v) is 4.13. The zero-order valence-corrected chi connectivity index (χ0v) is 14.7. The average Bonchev–Trinajstić information content (AvgIpc) is 2.92. The number of nitrogen functional groups attached to an aromatic ring is 1. The molecule has 2 aromatic carbocycles. The molecule has 1 heterocycles. The van der Waals surface area contributed by atoms with E-state index in [4.69, 9.17) is 17.3 Å². The molecule has 0 aliphatic heterocycles. The number of nitrogens with two attached hydrogens (primary N) is 1. The predicted molar refractivity (Wildman–Crippen MR) is 98.9 cm³/mol. The predicted octanol–water partition coefficient (Wildman–Crippen LogP) is 3.43. The van der Waals surface area contributed by atoms with E-state index in [2.05, 4.69) is 21.7 Å². The molecule has 7 heteroatoms. The average molecular weight is 356 g/mol. The summed E-state index contributed by atoms with van der Waals surface area (Å²) in [6.45, 7) is 4.50. The maximum Gasteiger partial charge on any atom is 0.280 e. The number of rotatable bonds is 4. The van der Waals surface area contributed by atoms with Gasteiger partial charge in [-0.1, -0.05) is 46.6 Å². The lowest BCUT2D eigenvalue weighted by Gasteiger charge is -2.08. The Morgan fingerprint density at radius 1 is 1.24 bits per heavy atom. The lowest BCUT2D eigenvalue weighted by Crippen LogP contribution is -2.15. The monoisotopic (exact) mass is 355 g/mol. The largest absolute Gasteiger partial charge is 0.382 e. The molecule has 0 fully saturated rings. The molecule has 0 saturated carbocycles. The third-order valence-electron chi connectivity index (χ3n) is 3.90. The fourth-order valence-corrected chi connectivity index (χ4v) is 2.68. The fourth-order valence-electron chi connectivity index (χ4n) is 2.49. The highest BCUT2D eigenvalue weighted by Crippen LogP contribution is 2.18. The van der Waals surface area contributed by atoms with Gasteiger partial charge in [0.1, 0.15) is 0 Å². The number of benzene rings is 2. The van der Waals surface area contributed by atoms with Crippen LogP contribution in [0.15, 0.2) is 42.5 Å². The van der Waals surface area contributed by atoms with E-state index in [1.54, 1.807) is 24.3 Å². The number of amides is 1. The van der Waals surface area contributed by atoms with Gasteiger partial charge in [0.2, 0.25) is 0 Å². The van der Waals surface area contributed by atoms with Crippen molar-refractivity contribution in [3.05, 3.63) is 69.9 Å². The number of aromatic nitrogens is 3. The smallest absolute Gasteiger partial charge is 0.280 e. The Balaban J connectivity index is 1.81. The molecule has 0 spiro atoms. The first-order chi connectivity index (χ1) is 11.9. The van der Waals surface area contributed by atoms with Gasteiger partial charge in [0, 0.05) is 10.7 Å². The first kappa shape index (κ1) is 17.0. The molecule has 6 nitrogen and oxygen atoms in total. The molecular formula is C18H18ClN5O. The van der Waals surface area contributed by atoms with Gasteiger partial charge in [0.25, 0.3) is 5.91 Å². The summed E-state index contributed by atoms with van der Waals surface area (Å²) >= 11 is 5.92. The zero-order valence-electron chi connectivity index (χ0n) is 14.0. The van der Waals surface area contributed by atoms with E-state index < -0.39 is 5.91 Å². The summed E-state index contributed by atoms with van der Waals surface area (Å²) in [5.74, 6) is -0.201. The summed E-state index contributed by atoms with van der Waals surface area (Å²) in [5, 5.41) is 11.2. The summed E-state index contributed by atoms with van der Waals surface area (Å²) in [5.41, 5.74) is 10.1. The minimum absolute atomic E-state index is 0.0882. The molecule has 1 aromatic heterocycles. The summed E-state index contributed by atoms with van der Waals surface area (Å²) in [7, 11) is 0. The molecule has 0 atom stereocenters. The minimum Gasteiger partial charge on any atom is -0.382 e. The topological polar surface area (TPSA) is 85.8 Å². The molecule has 25 heavy (non-hydrogen) atoms. The van der Waals surface area contributed by atoms with Gasteiger partial charge in [0.05, 0.1) is 6.54 Å². The maximum atomic E-state index is 12.4. The molecule has 0 saturated heterocycles. The Morgan fingerprint density at radius 2 is 2.04 bits per heavy atom. The van der Waals surface area contributed by atoms with Crippen LogP contribution in [-0.2, 0) is 6.54 Å². The van der Waals surface area contributed by atoms with Crippen LogP contribution in [0.25, 0.3) is 0 Å². The molecule has 0 bridgehead atoms. The van der Waals surface area contributed by atoms with Gasteiger partial charge in [-0.15, -0.1) is 5.10 Å². The zero-order chi connectivity index (χ0) is 18.0. The number of hydrogen-bond acceptors (Lipinski definition) is 4. The molecule has 128 valence electrons. The van der Waals surface area contributed by atoms with Crippen molar-refractivity contribution >= 4 is 29.0 Å². The number of aryl methyl sites for hydroxylation is 2. The van der Waals surface area contributed by atoms with Gasteiger partial charge in [-0.05, 0) is 43.2 Å². The van der Waals surface area contributed by atoms with Gasteiger partial charge >= 0.3 is 0 Å². The van der Waals surface area contributed by atoms with E-state index in [1.165, 1.54) is 4.68 Å². The van der Waals surface area contributed by atoms with Crippen LogP contribution in [0.1, 0.15) is 27.2 Å². The molecule has 3 N–H and O–H groups in total. The molecule has 1 amide bonds. The lowest BCUT2D eigenvalue weighted by atomic mass is 10.1. The van der Waals surface area contributed by atoms with Gasteiger partial charge in [-0.25, -0.2) is 4.68 Å². The Kier molecular flexibility index (Phi) is 4.72. The van der Waals surface area contributed by atoms with Crippen molar-refractivity contribution in [1.82, 2.24) is 15.0 Å². The number of carbonyl (C=O) groups excluding carboxylic acids is 1. The van der Waals surface area contributed by atoms with Crippen molar-refractivity contribution in [3.8, 4) is 0 Å². The van der Waals surface area contributed by atoms with Crippen LogP contribution >= 0.6 is 11.6 Å². The van der Waals surface area contributed by atoms with Crippen LogP contribution in [-0.4, -0.2) is 20.9 Å². The van der Waals surface area contributed by atoms with Crippen LogP contribution in [0, 0.1) is 13.8 Å². The van der Waals surface area contributed by atoms with Crippen molar-refractivity contribution in [2.75, 3.05) is 11.1 Å². The van der Waals surface area contributed by atoms with Gasteiger partial charge in [-0.2, -0.15) is 0 Å². The normalized spacial score (nSPS) is 10.7. The van der Waals surface area contributed by atoms with E-state index in [0.29, 0.717) is 17.3 Å². The van der Waals surface area contributed by atoms with Crippen molar-refractivity contribution in [2.24, 2.45) is 0 Å². The maximum absolute atomic E-state index is 12.4. The first-order valence-electron chi connectivity index (χ1n) is 7.76. The number of carbonyl (C=O) groups is 1. The Hall–Kier alpha value is -2.86. The summed E-state index contributed by atoms with van der Waals surface area (Å²) < 4.78 is 1.52. The van der Waals surface area contributed by atoms with Crippen LogP contribution in [0.2, 0.25) is 5.02 Å². The molecule has 0 unspecified atom stereocenters. The number of anilines is 2. The minimum atomic E-state index is -0.424. The quantitative estimate of drug-likeness (QED) is 0.750. The number of nitrogens with zero attached hydrogens (tertiary/aromatic N) is 3. The van der Waals surface area contributed by atoms with Crippen molar-refractivity contribution in [2.45, 2.75) is 20.4 Å². The second-order valence-electron chi connectivity index (χ2n) is 5.88. The van der Waals surface area contributed by atoms with E-state index in [-0.39, 0.29) is 11.5 Å². The number of hydrogen-bond donors (Lipinski definition) is 2. The van der Waals surface area contributed by atoms with Gasteiger partial charge < -0.3 is 11.1 Å². The van der Waals surface area contributed by atoms with E-state index in [0.717, 1.165) is 16.7 Å². The molecule has 0 radical (unpaired) electrons. The second-order valence-corrected chi connectivity index (χ2v) is 6.31. The van der Waals surface area contributed by atoms with Crippen LogP contribution in [0.5, 0.6) is 0 Å². The third kappa shape index (κ3) is 3.80. The molecule has 0 aliphatic rings. The van der Waals surface area contributed by atoms with Gasteiger partial charge in [-0.3, -0.25) is 4.79 Å². The Labute approximate surface area is 150 Å². The second kappa shape index (κ2) is 6.94. The van der Waals surface area contributed by atoms with Crippen molar-refractivity contribution in [1.29, 1.82) is 0 Å². The standard InChI is InChI=1S/C18H18ClN5O/c1-11-6-7-12(2)13(8-11)10-24-17(20)16(22-23-24)18(25)21-15-5-3-4-14(19)9-15/h3-9H,10,20H2,1-2H3,(H,21,25). The summed E-state index contributed by atoms with van der Waals surface area (Å²) in [6.07, 6.45) is 0. The molecule has 3 aromatic rings. The fraction of sp³-hybridized carbons (Fsp3) is 0.167. The SMILES string of the molecule is Cc1ccc(C)c(Cn2nnc(C(=O)Nc3cccc(Cl)c3)c2N)c1. The van der Waals surface area contributed by atoms with E-state index in [1.807, 2.05) is 26.0 Å². The lowest BCUT2D eigenvalue weighted by molar-refractivity contribution is 0.102. The number of halogens is 1. The first-order valence-corrected chi connectivity index (χ1v) is 8.14. The summed E-state index contributed by atoms with van der Waals surface area (Å²) in [6, 6.07) is 13.0. The van der Waals surface area contributed by atoms with E-state index >= 15 is 0 Å². The van der Waals surface area contributed by atoms with Crippen LogP contribution in [0.4, 0.5) is 11.5 Å². The van der Waals surface area contributed by atoms with E-state index in [9.17, 15) is 4.79 Å².